The van der Waals surface area contributed by atoms with Crippen LogP contribution in [0.15, 0.2) is 18.2 Å². The Morgan fingerprint density at radius 2 is 2.18 bits per heavy atom. The predicted molar refractivity (Wildman–Crippen MR) is 85.1 cm³/mol. The van der Waals surface area contributed by atoms with Gasteiger partial charge in [0.15, 0.2) is 0 Å². The van der Waals surface area contributed by atoms with Crippen LogP contribution in [0.3, 0.4) is 0 Å². The SMILES string of the molecule is O=C(O)CSC1CCN(c2ccc(Cl)c(C(F)(F)F)c2)C1.[Ca+2].[H-].[H-]. The number of hydrogen-bond acceptors (Lipinski definition) is 3. The number of carboxylic acid groups (broad SMARTS) is 1. The number of rotatable bonds is 4. The molecular weight excluding hydrogens is 367 g/mol. The van der Waals surface area contributed by atoms with Crippen LogP contribution >= 0.6 is 23.4 Å². The fourth-order valence-electron chi connectivity index (χ4n) is 2.22. The van der Waals surface area contributed by atoms with Gasteiger partial charge < -0.3 is 12.9 Å². The Kier molecular flexibility index (Phi) is 7.66. The number of halogens is 4. The molecule has 0 spiro atoms. The van der Waals surface area contributed by atoms with E-state index < -0.39 is 17.7 Å². The molecule has 0 radical (unpaired) electrons. The van der Waals surface area contributed by atoms with Gasteiger partial charge in [-0.05, 0) is 24.6 Å². The maximum atomic E-state index is 12.8. The zero-order valence-corrected chi connectivity index (χ0v) is 15.3. The van der Waals surface area contributed by atoms with E-state index in [1.165, 1.54) is 17.8 Å². The molecule has 1 N–H and O–H groups in total. The van der Waals surface area contributed by atoms with Gasteiger partial charge in [-0.25, -0.2) is 0 Å². The molecule has 1 fully saturated rings. The summed E-state index contributed by atoms with van der Waals surface area (Å²) in [5, 5.41) is 8.44. The summed E-state index contributed by atoms with van der Waals surface area (Å²) in [6.45, 7) is 1.15. The topological polar surface area (TPSA) is 40.5 Å². The molecule has 1 aliphatic heterocycles. The Morgan fingerprint density at radius 1 is 1.50 bits per heavy atom. The average Bonchev–Trinajstić information content (AvgIpc) is 2.84. The minimum absolute atomic E-state index is 0. The van der Waals surface area contributed by atoms with E-state index in [1.54, 1.807) is 6.07 Å². The van der Waals surface area contributed by atoms with Crippen LogP contribution in [-0.2, 0) is 11.0 Å². The number of benzene rings is 1. The Morgan fingerprint density at radius 3 is 2.77 bits per heavy atom. The maximum absolute atomic E-state index is 12.8. The Bertz CT molecular complexity index is 554. The van der Waals surface area contributed by atoms with Crippen molar-refractivity contribution in [3.05, 3.63) is 28.8 Å². The molecular formula is C13H15CaClF3NO2S. The number of carboxylic acids is 1. The van der Waals surface area contributed by atoms with Crippen LogP contribution in [-0.4, -0.2) is 72.9 Å². The van der Waals surface area contributed by atoms with Gasteiger partial charge >= 0.3 is 49.9 Å². The van der Waals surface area contributed by atoms with E-state index in [1.807, 2.05) is 4.90 Å². The zero-order chi connectivity index (χ0) is 15.6. The monoisotopic (exact) mass is 381 g/mol. The molecule has 0 amide bonds. The van der Waals surface area contributed by atoms with E-state index in [-0.39, 0.29) is 56.6 Å². The first kappa shape index (κ1) is 20.2. The molecule has 1 aromatic carbocycles. The van der Waals surface area contributed by atoms with Crippen LogP contribution < -0.4 is 4.90 Å². The average molecular weight is 382 g/mol. The molecule has 1 heterocycles. The van der Waals surface area contributed by atoms with Gasteiger partial charge in [0.05, 0.1) is 16.3 Å². The van der Waals surface area contributed by atoms with Crippen molar-refractivity contribution in [2.45, 2.75) is 17.8 Å². The summed E-state index contributed by atoms with van der Waals surface area (Å²) in [5.74, 6) is -0.878. The molecule has 1 aromatic rings. The van der Waals surface area contributed by atoms with Crippen LogP contribution in [0.25, 0.3) is 0 Å². The molecule has 3 nitrogen and oxygen atoms in total. The summed E-state index contributed by atoms with van der Waals surface area (Å²) >= 11 is 6.91. The number of alkyl halides is 3. The van der Waals surface area contributed by atoms with Crippen LogP contribution in [0.2, 0.25) is 5.02 Å². The van der Waals surface area contributed by atoms with Gasteiger partial charge in [-0.3, -0.25) is 4.79 Å². The first-order valence-electron chi connectivity index (χ1n) is 6.22. The molecule has 1 aliphatic rings. The third-order valence-electron chi connectivity index (χ3n) is 3.21. The van der Waals surface area contributed by atoms with E-state index in [0.29, 0.717) is 18.8 Å². The van der Waals surface area contributed by atoms with E-state index in [9.17, 15) is 18.0 Å². The largest absolute Gasteiger partial charge is 2.00 e. The molecule has 0 aromatic heterocycles. The van der Waals surface area contributed by atoms with Crippen molar-refractivity contribution in [1.82, 2.24) is 0 Å². The predicted octanol–water partition coefficient (Wildman–Crippen LogP) is 3.60. The summed E-state index contributed by atoms with van der Waals surface area (Å²) in [6.07, 6.45) is -3.73. The van der Waals surface area contributed by atoms with Gasteiger partial charge in [-0.15, -0.1) is 11.8 Å². The van der Waals surface area contributed by atoms with Crippen molar-refractivity contribution in [2.75, 3.05) is 23.7 Å². The molecule has 0 bridgehead atoms. The molecule has 120 valence electrons. The molecule has 2 rings (SSSR count). The summed E-state index contributed by atoms with van der Waals surface area (Å²) in [4.78, 5) is 12.4. The number of aliphatic carboxylic acids is 1. The molecule has 9 heteroatoms. The molecule has 1 unspecified atom stereocenters. The van der Waals surface area contributed by atoms with Crippen molar-refractivity contribution in [1.29, 1.82) is 0 Å². The van der Waals surface area contributed by atoms with Crippen molar-refractivity contribution in [2.24, 2.45) is 0 Å². The van der Waals surface area contributed by atoms with Gasteiger partial charge in [0.2, 0.25) is 0 Å². The van der Waals surface area contributed by atoms with Crippen LogP contribution in [0.5, 0.6) is 0 Å². The maximum Gasteiger partial charge on any atom is 2.00 e. The van der Waals surface area contributed by atoms with Crippen LogP contribution in [0.1, 0.15) is 14.8 Å². The van der Waals surface area contributed by atoms with Gasteiger partial charge in [-0.2, -0.15) is 13.2 Å². The summed E-state index contributed by atoms with van der Waals surface area (Å²) in [6, 6.07) is 3.85. The van der Waals surface area contributed by atoms with Crippen molar-refractivity contribution in [3.63, 3.8) is 0 Å². The van der Waals surface area contributed by atoms with E-state index in [4.69, 9.17) is 16.7 Å². The molecule has 0 aliphatic carbocycles. The molecule has 1 saturated heterocycles. The Balaban J connectivity index is 0. The normalized spacial score (nSPS) is 18.2. The van der Waals surface area contributed by atoms with Gasteiger partial charge in [0.25, 0.3) is 0 Å². The molecule has 22 heavy (non-hydrogen) atoms. The van der Waals surface area contributed by atoms with Crippen molar-refractivity contribution < 1.29 is 25.9 Å². The molecule has 1 atom stereocenters. The third-order valence-corrected chi connectivity index (χ3v) is 4.81. The van der Waals surface area contributed by atoms with Crippen LogP contribution in [0.4, 0.5) is 18.9 Å². The van der Waals surface area contributed by atoms with Crippen molar-refractivity contribution >= 4 is 72.8 Å². The second-order valence-electron chi connectivity index (χ2n) is 4.72. The second-order valence-corrected chi connectivity index (χ2v) is 6.42. The van der Waals surface area contributed by atoms with Crippen molar-refractivity contribution in [3.8, 4) is 0 Å². The smallest absolute Gasteiger partial charge is 1.00 e. The zero-order valence-electron chi connectivity index (χ0n) is 13.6. The minimum Gasteiger partial charge on any atom is -1.00 e. The first-order valence-corrected chi connectivity index (χ1v) is 7.65. The van der Waals surface area contributed by atoms with Gasteiger partial charge in [0.1, 0.15) is 0 Å². The Labute approximate surface area is 168 Å². The minimum atomic E-state index is -4.48. The number of carbonyl (C=O) groups is 1. The van der Waals surface area contributed by atoms with Gasteiger partial charge in [0, 0.05) is 24.0 Å². The number of nitrogens with zero attached hydrogens (tertiary/aromatic N) is 1. The molecule has 0 saturated carbocycles. The Hall–Kier alpha value is 0.180. The first-order chi connectivity index (χ1) is 9.77. The second kappa shape index (κ2) is 8.33. The van der Waals surface area contributed by atoms with Crippen LogP contribution in [0, 0.1) is 0 Å². The number of thioether (sulfide) groups is 1. The van der Waals surface area contributed by atoms with E-state index in [2.05, 4.69) is 0 Å². The third kappa shape index (κ3) is 5.37. The number of hydrogen-bond donors (Lipinski definition) is 1. The number of anilines is 1. The summed E-state index contributed by atoms with van der Waals surface area (Å²) in [7, 11) is 0. The fraction of sp³-hybridized carbons (Fsp3) is 0.462. The quantitative estimate of drug-likeness (QED) is 0.809. The van der Waals surface area contributed by atoms with Gasteiger partial charge in [-0.1, -0.05) is 11.6 Å². The summed E-state index contributed by atoms with van der Waals surface area (Å²) in [5.41, 5.74) is -0.381. The standard InChI is InChI=1S/C13H13ClF3NO2S.Ca.2H/c14-11-2-1-8(5-10(11)13(15,16)17)18-4-3-9(6-18)21-7-12(19)20;;;/h1-2,5,9H,3-4,6-7H2,(H,19,20);;;/q;+2;2*-1. The summed E-state index contributed by atoms with van der Waals surface area (Å²) < 4.78 is 38.5. The van der Waals surface area contributed by atoms with E-state index in [0.717, 1.165) is 12.5 Å². The van der Waals surface area contributed by atoms with E-state index >= 15 is 0 Å². The fourth-order valence-corrected chi connectivity index (χ4v) is 3.38.